The number of aryl methyl sites for hydroxylation is 1. The van der Waals surface area contributed by atoms with Crippen LogP contribution in [0.5, 0.6) is 0 Å². The number of anilines is 1. The first kappa shape index (κ1) is 26.4. The van der Waals surface area contributed by atoms with E-state index in [1.165, 1.54) is 11.8 Å². The van der Waals surface area contributed by atoms with Crippen LogP contribution >= 0.6 is 23.4 Å². The predicted octanol–water partition coefficient (Wildman–Crippen LogP) is 5.99. The molecule has 37 heavy (non-hydrogen) atoms. The van der Waals surface area contributed by atoms with E-state index in [1.54, 1.807) is 48.2 Å². The Morgan fingerprint density at radius 3 is 2.51 bits per heavy atom. The maximum absolute atomic E-state index is 13.3. The first-order valence-corrected chi connectivity index (χ1v) is 13.0. The van der Waals surface area contributed by atoms with E-state index in [0.717, 1.165) is 11.1 Å². The van der Waals surface area contributed by atoms with E-state index in [9.17, 15) is 14.4 Å². The molecule has 9 heteroatoms. The second kappa shape index (κ2) is 12.1. The highest BCUT2D eigenvalue weighted by atomic mass is 35.5. The van der Waals surface area contributed by atoms with Gasteiger partial charge in [0.25, 0.3) is 0 Å². The Labute approximate surface area is 224 Å². The Morgan fingerprint density at radius 1 is 1.11 bits per heavy atom. The normalized spacial score (nSPS) is 16.5. The van der Waals surface area contributed by atoms with Crippen LogP contribution in [0.3, 0.4) is 0 Å². The summed E-state index contributed by atoms with van der Waals surface area (Å²) in [5.74, 6) is -0.919. The van der Waals surface area contributed by atoms with Crippen molar-refractivity contribution in [3.05, 3.63) is 94.5 Å². The van der Waals surface area contributed by atoms with Gasteiger partial charge >= 0.3 is 5.97 Å². The SMILES string of the molecule is CCOC(=O)c1ccc(N=C2S[C@H](C(=O)Nc3ccc(C)c(Cl)c3)CC(=O)N2Cc2ccccc2)cc1. The molecule has 190 valence electrons. The van der Waals surface area contributed by atoms with Crippen LogP contribution in [-0.2, 0) is 20.9 Å². The molecule has 0 spiro atoms. The largest absolute Gasteiger partial charge is 0.462 e. The molecule has 0 unspecified atom stereocenters. The summed E-state index contributed by atoms with van der Waals surface area (Å²) in [5.41, 5.74) is 3.37. The Morgan fingerprint density at radius 2 is 1.84 bits per heavy atom. The lowest BCUT2D eigenvalue weighted by Crippen LogP contribution is -2.44. The molecule has 1 aliphatic rings. The van der Waals surface area contributed by atoms with Gasteiger partial charge in [-0.25, -0.2) is 9.79 Å². The topological polar surface area (TPSA) is 88.1 Å². The number of aliphatic imine (C=N–C) groups is 1. The maximum atomic E-state index is 13.3. The molecule has 3 aromatic rings. The summed E-state index contributed by atoms with van der Waals surface area (Å²) in [6.07, 6.45) is 0.0315. The van der Waals surface area contributed by atoms with Gasteiger partial charge in [0, 0.05) is 17.1 Å². The molecule has 3 aromatic carbocycles. The fourth-order valence-corrected chi connectivity index (χ4v) is 4.93. The number of halogens is 1. The molecule has 0 radical (unpaired) electrons. The average molecular weight is 536 g/mol. The van der Waals surface area contributed by atoms with Crippen LogP contribution in [0.1, 0.15) is 34.8 Å². The number of rotatable bonds is 7. The number of benzene rings is 3. The van der Waals surface area contributed by atoms with Crippen LogP contribution in [0.4, 0.5) is 11.4 Å². The van der Waals surface area contributed by atoms with Gasteiger partial charge in [-0.3, -0.25) is 14.5 Å². The van der Waals surface area contributed by atoms with Crippen LogP contribution in [0, 0.1) is 6.92 Å². The van der Waals surface area contributed by atoms with Gasteiger partial charge in [0.2, 0.25) is 11.8 Å². The number of nitrogens with one attached hydrogen (secondary N) is 1. The quantitative estimate of drug-likeness (QED) is 0.376. The van der Waals surface area contributed by atoms with Gasteiger partial charge in [0.1, 0.15) is 5.25 Å². The second-order valence-corrected chi connectivity index (χ2v) is 9.97. The van der Waals surface area contributed by atoms with Gasteiger partial charge in [-0.1, -0.05) is 59.8 Å². The van der Waals surface area contributed by atoms with Gasteiger partial charge in [-0.05, 0) is 61.4 Å². The molecule has 0 aromatic heterocycles. The second-order valence-electron chi connectivity index (χ2n) is 8.39. The minimum absolute atomic E-state index is 0.0315. The minimum Gasteiger partial charge on any atom is -0.462 e. The molecule has 0 saturated carbocycles. The van der Waals surface area contributed by atoms with Crippen molar-refractivity contribution in [3.63, 3.8) is 0 Å². The number of carbonyl (C=O) groups is 3. The molecule has 2 amide bonds. The van der Waals surface area contributed by atoms with Crippen molar-refractivity contribution in [1.82, 2.24) is 4.90 Å². The lowest BCUT2D eigenvalue weighted by Gasteiger charge is -2.32. The zero-order chi connectivity index (χ0) is 26.4. The first-order chi connectivity index (χ1) is 17.8. The first-order valence-electron chi connectivity index (χ1n) is 11.8. The zero-order valence-electron chi connectivity index (χ0n) is 20.4. The Kier molecular flexibility index (Phi) is 8.63. The van der Waals surface area contributed by atoms with Crippen LogP contribution in [0.25, 0.3) is 0 Å². The molecule has 0 bridgehead atoms. The number of carbonyl (C=O) groups excluding carboxylic acids is 3. The summed E-state index contributed by atoms with van der Waals surface area (Å²) in [6.45, 7) is 4.24. The Balaban J connectivity index is 1.59. The standard InChI is InChI=1S/C28H26ClN3O4S/c1-3-36-27(35)20-10-13-21(14-11-20)31-28-32(17-19-7-5-4-6-8-19)25(33)16-24(37-28)26(34)30-22-12-9-18(2)23(29)15-22/h4-15,24H,3,16-17H2,1-2H3,(H,30,34)/t24-/m0/s1. The molecule has 0 aliphatic carbocycles. The van der Waals surface area contributed by atoms with Crippen molar-refractivity contribution < 1.29 is 19.1 Å². The number of amides is 2. The fraction of sp³-hybridized carbons (Fsp3) is 0.214. The van der Waals surface area contributed by atoms with Crippen LogP contribution in [0.15, 0.2) is 77.8 Å². The number of nitrogens with zero attached hydrogens (tertiary/aromatic N) is 2. The molecule has 1 aliphatic heterocycles. The third kappa shape index (κ3) is 6.78. The maximum Gasteiger partial charge on any atom is 0.338 e. The lowest BCUT2D eigenvalue weighted by atomic mass is 10.2. The van der Waals surface area contributed by atoms with Gasteiger partial charge in [-0.2, -0.15) is 0 Å². The van der Waals surface area contributed by atoms with E-state index >= 15 is 0 Å². The van der Waals surface area contributed by atoms with Crippen LogP contribution < -0.4 is 5.32 Å². The summed E-state index contributed by atoms with van der Waals surface area (Å²) in [5, 5.41) is 3.15. The van der Waals surface area contributed by atoms with Crippen molar-refractivity contribution in [1.29, 1.82) is 0 Å². The van der Waals surface area contributed by atoms with E-state index in [2.05, 4.69) is 10.3 Å². The zero-order valence-corrected chi connectivity index (χ0v) is 22.0. The number of hydrogen-bond donors (Lipinski definition) is 1. The monoisotopic (exact) mass is 535 g/mol. The highest BCUT2D eigenvalue weighted by Crippen LogP contribution is 2.31. The smallest absolute Gasteiger partial charge is 0.338 e. The Hall–Kier alpha value is -3.62. The third-order valence-electron chi connectivity index (χ3n) is 5.66. The van der Waals surface area contributed by atoms with Gasteiger partial charge in [-0.15, -0.1) is 0 Å². The fourth-order valence-electron chi connectivity index (χ4n) is 3.65. The number of ether oxygens (including phenoxy) is 1. The number of thioether (sulfide) groups is 1. The van der Waals surface area contributed by atoms with Crippen molar-refractivity contribution in [3.8, 4) is 0 Å². The molecular weight excluding hydrogens is 510 g/mol. The number of hydrogen-bond acceptors (Lipinski definition) is 6. The molecule has 1 N–H and O–H groups in total. The van der Waals surface area contributed by atoms with E-state index < -0.39 is 11.2 Å². The molecule has 1 heterocycles. The number of esters is 1. The predicted molar refractivity (Wildman–Crippen MR) is 147 cm³/mol. The molecule has 1 atom stereocenters. The van der Waals surface area contributed by atoms with Crippen molar-refractivity contribution >= 4 is 57.7 Å². The highest BCUT2D eigenvalue weighted by Gasteiger charge is 2.36. The lowest BCUT2D eigenvalue weighted by molar-refractivity contribution is -0.129. The van der Waals surface area contributed by atoms with Crippen LogP contribution in [-0.4, -0.2) is 39.7 Å². The summed E-state index contributed by atoms with van der Waals surface area (Å²) in [6, 6.07) is 21.5. The number of amidine groups is 1. The van der Waals surface area contributed by atoms with Crippen molar-refractivity contribution in [2.75, 3.05) is 11.9 Å². The average Bonchev–Trinajstić information content (AvgIpc) is 2.89. The van der Waals surface area contributed by atoms with Crippen molar-refractivity contribution in [2.24, 2.45) is 4.99 Å². The summed E-state index contributed by atoms with van der Waals surface area (Å²) in [7, 11) is 0. The Bertz CT molecular complexity index is 1330. The van der Waals surface area contributed by atoms with Gasteiger partial charge in [0.15, 0.2) is 5.17 Å². The van der Waals surface area contributed by atoms with Gasteiger partial charge < -0.3 is 10.1 Å². The molecule has 7 nitrogen and oxygen atoms in total. The van der Waals surface area contributed by atoms with Crippen molar-refractivity contribution in [2.45, 2.75) is 32.1 Å². The highest BCUT2D eigenvalue weighted by molar-refractivity contribution is 8.15. The summed E-state index contributed by atoms with van der Waals surface area (Å²) in [4.78, 5) is 44.6. The van der Waals surface area contributed by atoms with Gasteiger partial charge in [0.05, 0.1) is 24.4 Å². The van der Waals surface area contributed by atoms with E-state index in [4.69, 9.17) is 16.3 Å². The van der Waals surface area contributed by atoms with E-state index in [-0.39, 0.29) is 24.8 Å². The molecule has 1 fully saturated rings. The minimum atomic E-state index is -0.669. The molecule has 1 saturated heterocycles. The third-order valence-corrected chi connectivity index (χ3v) is 7.25. The summed E-state index contributed by atoms with van der Waals surface area (Å²) < 4.78 is 5.03. The van der Waals surface area contributed by atoms with E-state index in [0.29, 0.717) is 33.7 Å². The van der Waals surface area contributed by atoms with Crippen LogP contribution in [0.2, 0.25) is 5.02 Å². The summed E-state index contributed by atoms with van der Waals surface area (Å²) >= 11 is 7.43. The molecular formula is C28H26ClN3O4S. The molecule has 4 rings (SSSR count). The van der Waals surface area contributed by atoms with E-state index in [1.807, 2.05) is 43.3 Å².